The average Bonchev–Trinajstić information content (AvgIpc) is 3.11. The van der Waals surface area contributed by atoms with Gasteiger partial charge in [0.15, 0.2) is 5.96 Å². The summed E-state index contributed by atoms with van der Waals surface area (Å²) >= 11 is 0. The van der Waals surface area contributed by atoms with Crippen molar-refractivity contribution in [3.63, 3.8) is 0 Å². The number of hydrogen-bond donors (Lipinski definition) is 3. The Labute approximate surface area is 174 Å². The summed E-state index contributed by atoms with van der Waals surface area (Å²) in [5.74, 6) is 0.630. The first kappa shape index (κ1) is 22.2. The van der Waals surface area contributed by atoms with Crippen molar-refractivity contribution < 1.29 is 18.0 Å². The normalized spacial score (nSPS) is 20.9. The monoisotopic (exact) mass is 426 g/mol. The Morgan fingerprint density at radius 3 is 2.70 bits per heavy atom. The number of aliphatic imine (C=N–C) groups is 1. The molecule has 1 unspecified atom stereocenters. The standard InChI is InChI=1S/C20H29F3N6O/c1-2-24-19(27-16-7-9-28(12-16)14-20(21,22)23)26-11-15-3-5-17(6-4-15)29-10-8-25-18(30)13-29/h3-6,16H,2,7-14H2,1H3,(H,25,30)(H2,24,26,27). The van der Waals surface area contributed by atoms with Crippen molar-refractivity contribution in [3.05, 3.63) is 29.8 Å². The third kappa shape index (κ3) is 6.79. The fourth-order valence-corrected chi connectivity index (χ4v) is 3.70. The molecule has 0 saturated carbocycles. The number of anilines is 1. The minimum atomic E-state index is -4.17. The molecule has 2 heterocycles. The maximum atomic E-state index is 12.6. The predicted molar refractivity (Wildman–Crippen MR) is 111 cm³/mol. The lowest BCUT2D eigenvalue weighted by Crippen LogP contribution is -2.47. The van der Waals surface area contributed by atoms with E-state index in [4.69, 9.17) is 0 Å². The van der Waals surface area contributed by atoms with Crippen LogP contribution in [0.4, 0.5) is 18.9 Å². The Bertz CT molecular complexity index is 737. The highest BCUT2D eigenvalue weighted by molar-refractivity contribution is 5.82. The van der Waals surface area contributed by atoms with Gasteiger partial charge in [-0.25, -0.2) is 4.99 Å². The minimum Gasteiger partial charge on any atom is -0.360 e. The molecule has 1 amide bonds. The van der Waals surface area contributed by atoms with Crippen molar-refractivity contribution in [2.24, 2.45) is 4.99 Å². The number of carbonyl (C=O) groups is 1. The summed E-state index contributed by atoms with van der Waals surface area (Å²) in [4.78, 5) is 19.6. The van der Waals surface area contributed by atoms with Gasteiger partial charge in [-0.2, -0.15) is 13.2 Å². The van der Waals surface area contributed by atoms with Crippen LogP contribution in [-0.2, 0) is 11.3 Å². The number of alkyl halides is 3. The number of rotatable bonds is 6. The zero-order valence-corrected chi connectivity index (χ0v) is 17.1. The van der Waals surface area contributed by atoms with Crippen LogP contribution < -0.4 is 20.9 Å². The lowest BCUT2D eigenvalue weighted by Gasteiger charge is -2.28. The van der Waals surface area contributed by atoms with Gasteiger partial charge in [-0.15, -0.1) is 0 Å². The molecule has 1 aromatic rings. The van der Waals surface area contributed by atoms with Gasteiger partial charge in [0, 0.05) is 44.5 Å². The molecule has 1 aromatic carbocycles. The Morgan fingerprint density at radius 2 is 2.03 bits per heavy atom. The molecule has 10 heteroatoms. The summed E-state index contributed by atoms with van der Waals surface area (Å²) in [6.07, 6.45) is -3.52. The molecular weight excluding hydrogens is 397 g/mol. The van der Waals surface area contributed by atoms with Crippen molar-refractivity contribution in [2.45, 2.75) is 32.1 Å². The van der Waals surface area contributed by atoms with E-state index in [0.29, 0.717) is 51.6 Å². The molecule has 2 aliphatic heterocycles. The van der Waals surface area contributed by atoms with E-state index in [1.54, 1.807) is 0 Å². The number of nitrogens with one attached hydrogen (secondary N) is 3. The molecule has 2 fully saturated rings. The van der Waals surface area contributed by atoms with Crippen molar-refractivity contribution in [1.29, 1.82) is 0 Å². The van der Waals surface area contributed by atoms with Gasteiger partial charge in [-0.3, -0.25) is 9.69 Å². The first-order valence-electron chi connectivity index (χ1n) is 10.3. The van der Waals surface area contributed by atoms with Gasteiger partial charge in [0.2, 0.25) is 5.91 Å². The average molecular weight is 426 g/mol. The summed E-state index contributed by atoms with van der Waals surface area (Å²) in [5.41, 5.74) is 2.01. The highest BCUT2D eigenvalue weighted by atomic mass is 19.4. The largest absolute Gasteiger partial charge is 0.401 e. The number of carbonyl (C=O) groups excluding carboxylic acids is 1. The predicted octanol–water partition coefficient (Wildman–Crippen LogP) is 1.31. The van der Waals surface area contributed by atoms with Gasteiger partial charge in [0.05, 0.1) is 19.6 Å². The molecule has 0 spiro atoms. The fraction of sp³-hybridized carbons (Fsp3) is 0.600. The van der Waals surface area contributed by atoms with Gasteiger partial charge in [-0.05, 0) is 31.0 Å². The Hall–Kier alpha value is -2.49. The zero-order chi connectivity index (χ0) is 21.6. The molecule has 7 nitrogen and oxygen atoms in total. The molecule has 0 aliphatic carbocycles. The number of nitrogens with zero attached hydrogens (tertiary/aromatic N) is 3. The molecule has 3 rings (SSSR count). The van der Waals surface area contributed by atoms with Crippen molar-refractivity contribution >= 4 is 17.6 Å². The van der Waals surface area contributed by atoms with E-state index in [9.17, 15) is 18.0 Å². The second-order valence-electron chi connectivity index (χ2n) is 7.61. The zero-order valence-electron chi connectivity index (χ0n) is 17.1. The van der Waals surface area contributed by atoms with Crippen LogP contribution in [0.25, 0.3) is 0 Å². The van der Waals surface area contributed by atoms with Crippen LogP contribution in [0.1, 0.15) is 18.9 Å². The fourth-order valence-electron chi connectivity index (χ4n) is 3.70. The molecule has 1 atom stereocenters. The smallest absolute Gasteiger partial charge is 0.360 e. The lowest BCUT2D eigenvalue weighted by molar-refractivity contribution is -0.143. The molecule has 166 valence electrons. The maximum Gasteiger partial charge on any atom is 0.401 e. The van der Waals surface area contributed by atoms with E-state index in [0.717, 1.165) is 17.8 Å². The number of likely N-dealkylation sites (tertiary alicyclic amines) is 1. The van der Waals surface area contributed by atoms with E-state index in [2.05, 4.69) is 20.9 Å². The molecular formula is C20H29F3N6O. The third-order valence-corrected chi connectivity index (χ3v) is 5.12. The first-order chi connectivity index (χ1) is 14.3. The lowest BCUT2D eigenvalue weighted by atomic mass is 10.2. The summed E-state index contributed by atoms with van der Waals surface area (Å²) in [6, 6.07) is 7.87. The minimum absolute atomic E-state index is 0.0250. The van der Waals surface area contributed by atoms with E-state index in [1.165, 1.54) is 4.90 Å². The van der Waals surface area contributed by atoms with Crippen LogP contribution in [0, 0.1) is 0 Å². The first-order valence-corrected chi connectivity index (χ1v) is 10.3. The topological polar surface area (TPSA) is 72.0 Å². The van der Waals surface area contributed by atoms with Gasteiger partial charge in [0.25, 0.3) is 0 Å². The maximum absolute atomic E-state index is 12.6. The molecule has 0 bridgehead atoms. The Morgan fingerprint density at radius 1 is 1.27 bits per heavy atom. The molecule has 2 saturated heterocycles. The number of hydrogen-bond acceptors (Lipinski definition) is 4. The van der Waals surface area contributed by atoms with Gasteiger partial charge >= 0.3 is 6.18 Å². The van der Waals surface area contributed by atoms with Crippen LogP contribution in [0.2, 0.25) is 0 Å². The summed E-state index contributed by atoms with van der Waals surface area (Å²) < 4.78 is 37.7. The van der Waals surface area contributed by atoms with E-state index >= 15 is 0 Å². The third-order valence-electron chi connectivity index (χ3n) is 5.12. The van der Waals surface area contributed by atoms with Crippen LogP contribution in [0.3, 0.4) is 0 Å². The number of benzene rings is 1. The number of guanidine groups is 1. The van der Waals surface area contributed by atoms with Crippen molar-refractivity contribution in [1.82, 2.24) is 20.9 Å². The summed E-state index contributed by atoms with van der Waals surface area (Å²) in [6.45, 7) is 4.76. The second-order valence-corrected chi connectivity index (χ2v) is 7.61. The Balaban J connectivity index is 1.53. The molecule has 2 aliphatic rings. The number of piperazine rings is 1. The summed E-state index contributed by atoms with van der Waals surface area (Å²) in [5, 5.41) is 9.21. The molecule has 3 N–H and O–H groups in total. The van der Waals surface area contributed by atoms with E-state index in [-0.39, 0.29) is 11.9 Å². The van der Waals surface area contributed by atoms with Crippen LogP contribution in [-0.4, -0.2) is 74.8 Å². The van der Waals surface area contributed by atoms with Gasteiger partial charge < -0.3 is 20.9 Å². The highest BCUT2D eigenvalue weighted by Crippen LogP contribution is 2.20. The van der Waals surface area contributed by atoms with Crippen molar-refractivity contribution in [2.75, 3.05) is 50.7 Å². The summed E-state index contributed by atoms with van der Waals surface area (Å²) in [7, 11) is 0. The highest BCUT2D eigenvalue weighted by Gasteiger charge is 2.34. The second kappa shape index (κ2) is 10.0. The van der Waals surface area contributed by atoms with Gasteiger partial charge in [0.1, 0.15) is 0 Å². The quantitative estimate of drug-likeness (QED) is 0.473. The van der Waals surface area contributed by atoms with Crippen molar-refractivity contribution in [3.8, 4) is 0 Å². The molecule has 30 heavy (non-hydrogen) atoms. The van der Waals surface area contributed by atoms with Crippen LogP contribution in [0.5, 0.6) is 0 Å². The molecule has 0 radical (unpaired) electrons. The number of halogens is 3. The van der Waals surface area contributed by atoms with Crippen LogP contribution in [0.15, 0.2) is 29.3 Å². The van der Waals surface area contributed by atoms with E-state index < -0.39 is 12.7 Å². The molecule has 0 aromatic heterocycles. The number of amides is 1. The SMILES string of the molecule is CCNC(=NCc1ccc(N2CCNC(=O)C2)cc1)NC1CCN(CC(F)(F)F)C1. The van der Waals surface area contributed by atoms with E-state index in [1.807, 2.05) is 36.1 Å². The van der Waals surface area contributed by atoms with Gasteiger partial charge in [-0.1, -0.05) is 12.1 Å². The van der Waals surface area contributed by atoms with Crippen LogP contribution >= 0.6 is 0 Å². The Kier molecular flexibility index (Phi) is 7.41.